The summed E-state index contributed by atoms with van der Waals surface area (Å²) in [6, 6.07) is 0. The lowest BCUT2D eigenvalue weighted by Gasteiger charge is -2.22. The maximum absolute atomic E-state index is 8.71. The van der Waals surface area contributed by atoms with Gasteiger partial charge in [-0.1, -0.05) is 19.0 Å². The summed E-state index contributed by atoms with van der Waals surface area (Å²) in [5, 5.41) is 12.1. The number of hydrogen-bond acceptors (Lipinski definition) is 2. The molecular weight excluding hydrogens is 138 g/mol. The fraction of sp³-hybridized carbons (Fsp3) is 0.889. The van der Waals surface area contributed by atoms with Crippen molar-refractivity contribution in [1.82, 2.24) is 0 Å². The van der Waals surface area contributed by atoms with Gasteiger partial charge in [0.05, 0.1) is 5.71 Å². The standard InChI is InChI=1S/C9H15NO/c1-9(2)6-3-4-7(9)8(5-6)10-11/h6-7,11H,3-5H2,1-2H3/b10-8+. The minimum absolute atomic E-state index is 0.404. The van der Waals surface area contributed by atoms with Crippen LogP contribution in [0.1, 0.15) is 33.1 Å². The summed E-state index contributed by atoms with van der Waals surface area (Å²) >= 11 is 0. The van der Waals surface area contributed by atoms with E-state index >= 15 is 0 Å². The molecule has 11 heavy (non-hydrogen) atoms. The van der Waals surface area contributed by atoms with Gasteiger partial charge in [0.15, 0.2) is 0 Å². The minimum atomic E-state index is 0.404. The molecule has 0 aromatic rings. The molecule has 0 spiro atoms. The van der Waals surface area contributed by atoms with Crippen LogP contribution in [0.4, 0.5) is 0 Å². The molecule has 0 heterocycles. The van der Waals surface area contributed by atoms with Crippen molar-refractivity contribution in [1.29, 1.82) is 0 Å². The van der Waals surface area contributed by atoms with Crippen LogP contribution in [0, 0.1) is 17.3 Å². The van der Waals surface area contributed by atoms with Gasteiger partial charge in [0.25, 0.3) is 0 Å². The van der Waals surface area contributed by atoms with Crippen molar-refractivity contribution >= 4 is 5.71 Å². The fourth-order valence-corrected chi connectivity index (χ4v) is 2.86. The number of fused-ring (bicyclic) bond motifs is 2. The highest BCUT2D eigenvalue weighted by Gasteiger charge is 2.51. The molecule has 0 aromatic carbocycles. The second kappa shape index (κ2) is 1.99. The molecule has 0 aliphatic heterocycles. The molecule has 2 fully saturated rings. The lowest BCUT2D eigenvalue weighted by atomic mass is 9.82. The van der Waals surface area contributed by atoms with Gasteiger partial charge >= 0.3 is 0 Å². The normalized spacial score (nSPS) is 43.6. The van der Waals surface area contributed by atoms with Gasteiger partial charge in [-0.25, -0.2) is 0 Å². The van der Waals surface area contributed by atoms with E-state index in [2.05, 4.69) is 19.0 Å². The van der Waals surface area contributed by atoms with Crippen molar-refractivity contribution in [3.05, 3.63) is 0 Å². The average molecular weight is 153 g/mol. The highest BCUT2D eigenvalue weighted by molar-refractivity contribution is 5.90. The monoisotopic (exact) mass is 153 g/mol. The van der Waals surface area contributed by atoms with Gasteiger partial charge in [0.2, 0.25) is 0 Å². The Kier molecular flexibility index (Phi) is 1.29. The zero-order valence-corrected chi connectivity index (χ0v) is 7.17. The molecule has 1 N–H and O–H groups in total. The van der Waals surface area contributed by atoms with Crippen LogP contribution < -0.4 is 0 Å². The first-order valence-corrected chi connectivity index (χ1v) is 4.37. The third kappa shape index (κ3) is 0.754. The molecule has 2 rings (SSSR count). The summed E-state index contributed by atoms with van der Waals surface area (Å²) in [6.45, 7) is 4.60. The zero-order valence-electron chi connectivity index (χ0n) is 7.17. The smallest absolute Gasteiger partial charge is 0.0610 e. The molecule has 2 heteroatoms. The van der Waals surface area contributed by atoms with Crippen molar-refractivity contribution < 1.29 is 5.21 Å². The van der Waals surface area contributed by atoms with E-state index in [1.54, 1.807) is 0 Å². The summed E-state index contributed by atoms with van der Waals surface area (Å²) in [7, 11) is 0. The average Bonchev–Trinajstić information content (AvgIpc) is 2.40. The second-order valence-corrected chi connectivity index (χ2v) is 4.44. The quantitative estimate of drug-likeness (QED) is 0.420. The van der Waals surface area contributed by atoms with Gasteiger partial charge in [-0.2, -0.15) is 0 Å². The lowest BCUT2D eigenvalue weighted by molar-refractivity contribution is 0.268. The second-order valence-electron chi connectivity index (χ2n) is 4.44. The highest BCUT2D eigenvalue weighted by Crippen LogP contribution is 2.55. The molecule has 0 aromatic heterocycles. The third-order valence-corrected chi connectivity index (χ3v) is 3.74. The van der Waals surface area contributed by atoms with Crippen LogP contribution in [0.2, 0.25) is 0 Å². The maximum atomic E-state index is 8.71. The Labute approximate surface area is 67.3 Å². The van der Waals surface area contributed by atoms with E-state index in [9.17, 15) is 0 Å². The first kappa shape index (κ1) is 7.14. The van der Waals surface area contributed by atoms with E-state index in [-0.39, 0.29) is 0 Å². The number of hydrogen-bond donors (Lipinski definition) is 1. The van der Waals surface area contributed by atoms with Gasteiger partial charge in [-0.3, -0.25) is 0 Å². The topological polar surface area (TPSA) is 32.6 Å². The molecule has 0 radical (unpaired) electrons. The zero-order chi connectivity index (χ0) is 8.06. The molecule has 2 bridgehead atoms. The largest absolute Gasteiger partial charge is 0.411 e. The maximum Gasteiger partial charge on any atom is 0.0610 e. The summed E-state index contributed by atoms with van der Waals surface area (Å²) in [6.07, 6.45) is 3.60. The van der Waals surface area contributed by atoms with Crippen LogP contribution in [0.15, 0.2) is 5.16 Å². The third-order valence-electron chi connectivity index (χ3n) is 3.74. The van der Waals surface area contributed by atoms with Gasteiger partial charge in [-0.15, -0.1) is 0 Å². The molecule has 2 saturated carbocycles. The molecule has 62 valence electrons. The SMILES string of the molecule is CC1(C)C2CCC1/C(=N/O)C2. The van der Waals surface area contributed by atoms with Gasteiger partial charge in [0, 0.05) is 5.92 Å². The van der Waals surface area contributed by atoms with Gasteiger partial charge in [0.1, 0.15) is 0 Å². The van der Waals surface area contributed by atoms with E-state index in [1.165, 1.54) is 12.8 Å². The molecule has 2 aliphatic carbocycles. The Bertz CT molecular complexity index is 208. The van der Waals surface area contributed by atoms with Crippen LogP contribution in [-0.4, -0.2) is 10.9 Å². The predicted octanol–water partition coefficient (Wildman–Crippen LogP) is 2.27. The molecular formula is C9H15NO. The predicted molar refractivity (Wildman–Crippen MR) is 43.8 cm³/mol. The van der Waals surface area contributed by atoms with E-state index in [0.29, 0.717) is 11.3 Å². The first-order valence-electron chi connectivity index (χ1n) is 4.37. The van der Waals surface area contributed by atoms with Crippen molar-refractivity contribution in [2.75, 3.05) is 0 Å². The van der Waals surface area contributed by atoms with E-state index in [1.807, 2.05) is 0 Å². The van der Waals surface area contributed by atoms with E-state index in [4.69, 9.17) is 5.21 Å². The highest BCUT2D eigenvalue weighted by atomic mass is 16.4. The van der Waals surface area contributed by atoms with Crippen molar-refractivity contribution in [3.8, 4) is 0 Å². The number of oxime groups is 1. The van der Waals surface area contributed by atoms with Gasteiger partial charge < -0.3 is 5.21 Å². The minimum Gasteiger partial charge on any atom is -0.411 e. The van der Waals surface area contributed by atoms with Crippen LogP contribution >= 0.6 is 0 Å². The summed E-state index contributed by atoms with van der Waals surface area (Å²) < 4.78 is 0. The Morgan fingerprint density at radius 3 is 2.45 bits per heavy atom. The van der Waals surface area contributed by atoms with Crippen LogP contribution in [-0.2, 0) is 0 Å². The van der Waals surface area contributed by atoms with Crippen LogP contribution in [0.5, 0.6) is 0 Å². The fourth-order valence-electron chi connectivity index (χ4n) is 2.86. The Balaban J connectivity index is 2.33. The summed E-state index contributed by atoms with van der Waals surface area (Å²) in [5.41, 5.74) is 1.45. The number of nitrogens with zero attached hydrogens (tertiary/aromatic N) is 1. The molecule has 2 unspecified atom stereocenters. The van der Waals surface area contributed by atoms with E-state index in [0.717, 1.165) is 18.1 Å². The summed E-state index contributed by atoms with van der Waals surface area (Å²) in [4.78, 5) is 0. The molecule has 0 saturated heterocycles. The first-order chi connectivity index (χ1) is 5.16. The molecule has 2 nitrogen and oxygen atoms in total. The Morgan fingerprint density at radius 2 is 2.18 bits per heavy atom. The lowest BCUT2D eigenvalue weighted by Crippen LogP contribution is -2.19. The summed E-state index contributed by atoms with van der Waals surface area (Å²) in [5.74, 6) is 1.34. The molecule has 0 amide bonds. The van der Waals surface area contributed by atoms with Crippen molar-refractivity contribution in [2.45, 2.75) is 33.1 Å². The van der Waals surface area contributed by atoms with Crippen LogP contribution in [0.25, 0.3) is 0 Å². The van der Waals surface area contributed by atoms with E-state index < -0.39 is 0 Å². The van der Waals surface area contributed by atoms with Gasteiger partial charge in [-0.05, 0) is 30.6 Å². The van der Waals surface area contributed by atoms with Crippen molar-refractivity contribution in [2.24, 2.45) is 22.4 Å². The molecule has 2 aliphatic rings. The van der Waals surface area contributed by atoms with Crippen molar-refractivity contribution in [3.63, 3.8) is 0 Å². The Morgan fingerprint density at radius 1 is 1.45 bits per heavy atom. The Hall–Kier alpha value is -0.530. The van der Waals surface area contributed by atoms with Crippen LogP contribution in [0.3, 0.4) is 0 Å². The molecule has 2 atom stereocenters. The number of rotatable bonds is 0.